The number of hydrazone groups is 1. The second kappa shape index (κ2) is 13.5. The number of ether oxygens (including phenoxy) is 2. The molecule has 0 amide bonds. The molecule has 190 valence electrons. The summed E-state index contributed by atoms with van der Waals surface area (Å²) in [5.41, 5.74) is 7.58. The van der Waals surface area contributed by atoms with E-state index in [1.54, 1.807) is 6.26 Å². The van der Waals surface area contributed by atoms with Crippen LogP contribution >= 0.6 is 0 Å². The first-order valence-electron chi connectivity index (χ1n) is 12.5. The van der Waals surface area contributed by atoms with Crippen LogP contribution in [0.2, 0.25) is 0 Å². The Morgan fingerprint density at radius 2 is 1.97 bits per heavy atom. The van der Waals surface area contributed by atoms with Crippen LogP contribution in [0.4, 0.5) is 17.2 Å². The number of aromatic nitrogens is 1. The summed E-state index contributed by atoms with van der Waals surface area (Å²) < 4.78 is 11.3. The number of benzene rings is 1. The first-order chi connectivity index (χ1) is 17.0. The number of nitrogens with zero attached hydrogens (tertiary/aromatic N) is 5. The molecule has 0 saturated heterocycles. The number of nitrogens with one attached hydrogen (secondary N) is 1. The molecule has 1 aliphatic rings. The lowest BCUT2D eigenvalue weighted by atomic mass is 10.1. The smallest absolute Gasteiger partial charge is 0.217 e. The van der Waals surface area contributed by atoms with Gasteiger partial charge in [-0.1, -0.05) is 25.5 Å². The number of hydrogen-bond acceptors (Lipinski definition) is 8. The van der Waals surface area contributed by atoms with Crippen molar-refractivity contribution in [1.82, 2.24) is 9.88 Å². The maximum atomic E-state index is 6.07. The maximum absolute atomic E-state index is 6.07. The number of pyridine rings is 1. The monoisotopic (exact) mass is 480 g/mol. The van der Waals surface area contributed by atoms with Gasteiger partial charge in [-0.25, -0.2) is 0 Å². The van der Waals surface area contributed by atoms with E-state index in [-0.39, 0.29) is 0 Å². The molecule has 8 heteroatoms. The molecule has 1 aromatic carbocycles. The van der Waals surface area contributed by atoms with Crippen molar-refractivity contribution in [3.05, 3.63) is 53.9 Å². The highest BCUT2D eigenvalue weighted by Gasteiger charge is 2.11. The topological polar surface area (TPSA) is 65.5 Å². The molecule has 3 rings (SSSR count). The maximum Gasteiger partial charge on any atom is 0.217 e. The fourth-order valence-electron chi connectivity index (χ4n) is 3.96. The highest BCUT2D eigenvalue weighted by Crippen LogP contribution is 2.25. The van der Waals surface area contributed by atoms with Crippen LogP contribution in [-0.2, 0) is 4.74 Å². The standard InChI is InChI=1S/C27H40N6O2/c1-6-10-33(11-7-2)24-19-26(29-27(20-24)35-17-14-32-12-15-34-16-13-32)30-28-21-23-18-22(3)8-9-25(23)31(4)5/h8-9,12,15,18-21H,6-7,10-11,13-14,16-17H2,1-5H3,(H,29,30)/b28-21+. The van der Waals surface area contributed by atoms with Crippen molar-refractivity contribution in [3.63, 3.8) is 0 Å². The third-order valence-electron chi connectivity index (χ3n) is 5.68. The highest BCUT2D eigenvalue weighted by atomic mass is 16.5. The molecule has 2 heterocycles. The first-order valence-corrected chi connectivity index (χ1v) is 12.5. The zero-order valence-electron chi connectivity index (χ0n) is 21.8. The summed E-state index contributed by atoms with van der Waals surface area (Å²) in [6.07, 6.45) is 7.67. The lowest BCUT2D eigenvalue weighted by Crippen LogP contribution is -2.29. The molecule has 0 fully saturated rings. The normalized spacial score (nSPS) is 13.1. The van der Waals surface area contributed by atoms with Gasteiger partial charge in [0.1, 0.15) is 13.2 Å². The van der Waals surface area contributed by atoms with Crippen molar-refractivity contribution in [2.24, 2.45) is 5.10 Å². The van der Waals surface area contributed by atoms with E-state index >= 15 is 0 Å². The van der Waals surface area contributed by atoms with Crippen LogP contribution in [0.1, 0.15) is 37.8 Å². The average molecular weight is 481 g/mol. The molecule has 35 heavy (non-hydrogen) atoms. The van der Waals surface area contributed by atoms with Gasteiger partial charge in [-0.2, -0.15) is 10.1 Å². The van der Waals surface area contributed by atoms with Crippen LogP contribution in [0, 0.1) is 6.92 Å². The molecule has 0 aliphatic carbocycles. The molecule has 1 aromatic heterocycles. The molecule has 0 bridgehead atoms. The zero-order chi connectivity index (χ0) is 25.0. The van der Waals surface area contributed by atoms with Crippen molar-refractivity contribution in [1.29, 1.82) is 0 Å². The number of aryl methyl sites for hydroxylation is 1. The fourth-order valence-corrected chi connectivity index (χ4v) is 3.96. The van der Waals surface area contributed by atoms with Crippen LogP contribution in [-0.4, -0.2) is 69.6 Å². The Morgan fingerprint density at radius 3 is 2.66 bits per heavy atom. The van der Waals surface area contributed by atoms with Gasteiger partial charge >= 0.3 is 0 Å². The Balaban J connectivity index is 1.78. The van der Waals surface area contributed by atoms with Gasteiger partial charge in [-0.05, 0) is 31.9 Å². The van der Waals surface area contributed by atoms with E-state index in [1.165, 1.54) is 5.56 Å². The van der Waals surface area contributed by atoms with Gasteiger partial charge in [0, 0.05) is 62.5 Å². The molecule has 0 unspecified atom stereocenters. The molecule has 0 spiro atoms. The lowest BCUT2D eigenvalue weighted by Gasteiger charge is -2.25. The zero-order valence-corrected chi connectivity index (χ0v) is 21.8. The molecule has 1 N–H and O–H groups in total. The molecular weight excluding hydrogens is 440 g/mol. The Bertz CT molecular complexity index is 986. The third kappa shape index (κ3) is 8.09. The van der Waals surface area contributed by atoms with E-state index in [9.17, 15) is 0 Å². The van der Waals surface area contributed by atoms with Gasteiger partial charge in [0.15, 0.2) is 5.82 Å². The van der Waals surface area contributed by atoms with E-state index < -0.39 is 0 Å². The van der Waals surface area contributed by atoms with Crippen LogP contribution in [0.3, 0.4) is 0 Å². The summed E-state index contributed by atoms with van der Waals surface area (Å²) in [4.78, 5) is 11.3. The van der Waals surface area contributed by atoms with Crippen LogP contribution in [0.15, 0.2) is 47.9 Å². The minimum absolute atomic E-state index is 0.542. The predicted molar refractivity (Wildman–Crippen MR) is 146 cm³/mol. The number of hydrogen-bond donors (Lipinski definition) is 1. The van der Waals surface area contributed by atoms with Crippen molar-refractivity contribution in [2.45, 2.75) is 33.6 Å². The van der Waals surface area contributed by atoms with Gasteiger partial charge in [0.25, 0.3) is 0 Å². The Kier molecular flexibility index (Phi) is 10.1. The Morgan fingerprint density at radius 1 is 1.17 bits per heavy atom. The Labute approximate surface area is 210 Å². The van der Waals surface area contributed by atoms with Gasteiger partial charge in [-0.15, -0.1) is 0 Å². The molecule has 2 aromatic rings. The minimum atomic E-state index is 0.542. The summed E-state index contributed by atoms with van der Waals surface area (Å²) in [5.74, 6) is 1.26. The van der Waals surface area contributed by atoms with E-state index in [0.29, 0.717) is 24.9 Å². The van der Waals surface area contributed by atoms with Crippen LogP contribution < -0.4 is 20.0 Å². The largest absolute Gasteiger partial charge is 0.498 e. The summed E-state index contributed by atoms with van der Waals surface area (Å²) in [6, 6.07) is 10.4. The number of anilines is 3. The molecule has 8 nitrogen and oxygen atoms in total. The molecule has 0 atom stereocenters. The highest BCUT2D eigenvalue weighted by molar-refractivity contribution is 5.88. The molecular formula is C27H40N6O2. The lowest BCUT2D eigenvalue weighted by molar-refractivity contribution is 0.157. The summed E-state index contributed by atoms with van der Waals surface area (Å²) in [7, 11) is 4.07. The SMILES string of the molecule is CCCN(CCC)c1cc(N/N=C/c2cc(C)ccc2N(C)C)nc(OCCN2C=COCC2)c1. The van der Waals surface area contributed by atoms with E-state index in [2.05, 4.69) is 69.2 Å². The van der Waals surface area contributed by atoms with E-state index in [1.807, 2.05) is 38.6 Å². The second-order valence-electron chi connectivity index (χ2n) is 8.90. The summed E-state index contributed by atoms with van der Waals surface area (Å²) in [6.45, 7) is 11.3. The van der Waals surface area contributed by atoms with Crippen molar-refractivity contribution in [3.8, 4) is 5.88 Å². The second-order valence-corrected chi connectivity index (χ2v) is 8.90. The predicted octanol–water partition coefficient (Wildman–Crippen LogP) is 4.71. The summed E-state index contributed by atoms with van der Waals surface area (Å²) >= 11 is 0. The van der Waals surface area contributed by atoms with Crippen molar-refractivity contribution >= 4 is 23.4 Å². The molecule has 0 radical (unpaired) electrons. The van der Waals surface area contributed by atoms with Crippen molar-refractivity contribution in [2.75, 3.05) is 68.7 Å². The van der Waals surface area contributed by atoms with Gasteiger partial charge < -0.3 is 24.2 Å². The third-order valence-corrected chi connectivity index (χ3v) is 5.68. The van der Waals surface area contributed by atoms with Gasteiger partial charge in [0.05, 0.1) is 25.6 Å². The quantitative estimate of drug-likeness (QED) is 0.329. The number of rotatable bonds is 13. The van der Waals surface area contributed by atoms with Gasteiger partial charge in [0.2, 0.25) is 5.88 Å². The van der Waals surface area contributed by atoms with Crippen molar-refractivity contribution < 1.29 is 9.47 Å². The fraction of sp³-hybridized carbons (Fsp3) is 0.481. The first kappa shape index (κ1) is 26.2. The van der Waals surface area contributed by atoms with Gasteiger partial charge in [-0.3, -0.25) is 5.43 Å². The average Bonchev–Trinajstić information content (AvgIpc) is 2.84. The minimum Gasteiger partial charge on any atom is -0.498 e. The van der Waals surface area contributed by atoms with E-state index in [4.69, 9.17) is 9.47 Å². The van der Waals surface area contributed by atoms with Crippen LogP contribution in [0.25, 0.3) is 0 Å². The van der Waals surface area contributed by atoms with Crippen LogP contribution in [0.5, 0.6) is 5.88 Å². The molecule has 0 saturated carbocycles. The molecule has 1 aliphatic heterocycles. The Hall–Kier alpha value is -3.42. The van der Waals surface area contributed by atoms with E-state index in [0.717, 1.165) is 56.0 Å². The summed E-state index contributed by atoms with van der Waals surface area (Å²) in [5, 5.41) is 4.51.